The van der Waals surface area contributed by atoms with Crippen molar-refractivity contribution in [2.24, 2.45) is 0 Å². The van der Waals surface area contributed by atoms with Crippen molar-refractivity contribution < 1.29 is 18.8 Å². The smallest absolute Gasteiger partial charge is 0.255 e. The molecule has 5 rings (SSSR count). The molecule has 2 fully saturated rings. The lowest BCUT2D eigenvalue weighted by Gasteiger charge is -2.27. The van der Waals surface area contributed by atoms with E-state index in [9.17, 15) is 18.8 Å². The number of aromatic nitrogens is 1. The summed E-state index contributed by atoms with van der Waals surface area (Å²) in [6, 6.07) is 14.4. The molecular weight excluding hydrogens is 511 g/mol. The summed E-state index contributed by atoms with van der Waals surface area (Å²) in [5.74, 6) is -1.13. The van der Waals surface area contributed by atoms with Gasteiger partial charge in [-0.25, -0.2) is 4.39 Å². The fourth-order valence-corrected chi connectivity index (χ4v) is 5.13. The first kappa shape index (κ1) is 27.3. The number of benzene rings is 2. The van der Waals surface area contributed by atoms with Crippen LogP contribution in [0.4, 0.5) is 15.8 Å². The molecule has 3 heterocycles. The van der Waals surface area contributed by atoms with Crippen LogP contribution in [0.25, 0.3) is 0 Å². The number of rotatable bonds is 5. The number of halogens is 1. The number of nitrogens with one attached hydrogen (secondary N) is 2. The molecule has 0 aliphatic carbocycles. The lowest BCUT2D eigenvalue weighted by molar-refractivity contribution is 0.0758. The average Bonchev–Trinajstić information content (AvgIpc) is 3.41. The quantitative estimate of drug-likeness (QED) is 0.512. The fraction of sp³-hybridized carbons (Fsp3) is 0.333. The number of hydrogen-bond donors (Lipinski definition) is 2. The molecule has 3 aromatic rings. The lowest BCUT2D eigenvalue weighted by atomic mass is 10.1. The first-order valence-electron chi connectivity index (χ1n) is 13.6. The first-order chi connectivity index (χ1) is 19.5. The predicted molar refractivity (Wildman–Crippen MR) is 151 cm³/mol. The van der Waals surface area contributed by atoms with Gasteiger partial charge in [-0.1, -0.05) is 6.07 Å². The third-order valence-electron chi connectivity index (χ3n) is 7.24. The Labute approximate surface area is 233 Å². The van der Waals surface area contributed by atoms with Crippen molar-refractivity contribution in [3.05, 3.63) is 89.5 Å². The maximum Gasteiger partial charge on any atom is 0.255 e. The Morgan fingerprint density at radius 3 is 2.40 bits per heavy atom. The largest absolute Gasteiger partial charge is 0.368 e. The van der Waals surface area contributed by atoms with Crippen molar-refractivity contribution in [1.82, 2.24) is 20.1 Å². The maximum atomic E-state index is 13.8. The third kappa shape index (κ3) is 6.45. The van der Waals surface area contributed by atoms with Crippen LogP contribution < -0.4 is 15.5 Å². The van der Waals surface area contributed by atoms with Crippen molar-refractivity contribution in [2.45, 2.75) is 12.8 Å². The van der Waals surface area contributed by atoms with Gasteiger partial charge in [-0.15, -0.1) is 0 Å². The summed E-state index contributed by atoms with van der Waals surface area (Å²) in [5.41, 5.74) is 2.42. The summed E-state index contributed by atoms with van der Waals surface area (Å²) in [6.45, 7) is 5.15. The molecule has 0 saturated carbocycles. The van der Waals surface area contributed by atoms with Gasteiger partial charge < -0.3 is 25.3 Å². The summed E-state index contributed by atoms with van der Waals surface area (Å²) >= 11 is 0. The van der Waals surface area contributed by atoms with Gasteiger partial charge in [0.15, 0.2) is 0 Å². The van der Waals surface area contributed by atoms with Crippen molar-refractivity contribution in [1.29, 1.82) is 0 Å². The molecule has 0 bridgehead atoms. The zero-order valence-corrected chi connectivity index (χ0v) is 22.3. The van der Waals surface area contributed by atoms with Gasteiger partial charge in [0, 0.05) is 69.3 Å². The zero-order valence-electron chi connectivity index (χ0n) is 22.3. The van der Waals surface area contributed by atoms with Gasteiger partial charge in [0.2, 0.25) is 0 Å². The number of nitrogens with zero attached hydrogens (tertiary/aromatic N) is 4. The molecular formula is C30H33FN6O3. The van der Waals surface area contributed by atoms with Crippen LogP contribution in [0.15, 0.2) is 67.0 Å². The van der Waals surface area contributed by atoms with Crippen LogP contribution in [0, 0.1) is 5.82 Å². The minimum atomic E-state index is -0.502. The van der Waals surface area contributed by atoms with Gasteiger partial charge in [-0.3, -0.25) is 19.4 Å². The predicted octanol–water partition coefficient (Wildman–Crippen LogP) is 3.26. The molecule has 0 spiro atoms. The number of carbonyl (C=O) groups excluding carboxylic acids is 3. The summed E-state index contributed by atoms with van der Waals surface area (Å²) in [6.07, 6.45) is 4.81. The SMILES string of the molecule is O=C(Nc1cc(C(=O)N2CCCNCC2)ccc1N1CCCN(C(=O)c2cccnc2)CC1)c1cccc(F)c1. The van der Waals surface area contributed by atoms with Crippen LogP contribution in [0.3, 0.4) is 0 Å². The number of hydrogen-bond acceptors (Lipinski definition) is 6. The summed E-state index contributed by atoms with van der Waals surface area (Å²) in [5, 5.41) is 6.23. The van der Waals surface area contributed by atoms with Crippen molar-refractivity contribution in [2.75, 3.05) is 62.6 Å². The maximum absolute atomic E-state index is 13.8. The lowest BCUT2D eigenvalue weighted by Crippen LogP contribution is -2.35. The summed E-state index contributed by atoms with van der Waals surface area (Å²) in [4.78, 5) is 49.3. The van der Waals surface area contributed by atoms with Crippen molar-refractivity contribution in [3.63, 3.8) is 0 Å². The monoisotopic (exact) mass is 544 g/mol. The summed E-state index contributed by atoms with van der Waals surface area (Å²) < 4.78 is 13.8. The number of carbonyl (C=O) groups is 3. The zero-order chi connectivity index (χ0) is 27.9. The van der Waals surface area contributed by atoms with Crippen LogP contribution in [-0.2, 0) is 0 Å². The van der Waals surface area contributed by atoms with Crippen molar-refractivity contribution in [3.8, 4) is 0 Å². The standard InChI is InChI=1S/C30H33FN6O3/c31-25-7-1-5-22(19-25)28(38)34-26-20-23(29(39)36-13-3-11-32-12-16-36)8-9-27(26)35-14-4-15-37(18-17-35)30(40)24-6-2-10-33-21-24/h1-2,5-10,19-21,32H,3-4,11-18H2,(H,34,38). The minimum Gasteiger partial charge on any atom is -0.368 e. The van der Waals surface area contributed by atoms with E-state index in [1.165, 1.54) is 18.2 Å². The highest BCUT2D eigenvalue weighted by molar-refractivity contribution is 6.07. The van der Waals surface area contributed by atoms with Gasteiger partial charge in [-0.05, 0) is 67.9 Å². The van der Waals surface area contributed by atoms with E-state index in [4.69, 9.17) is 0 Å². The van der Waals surface area contributed by atoms with Crippen LogP contribution in [-0.4, -0.2) is 84.9 Å². The molecule has 0 radical (unpaired) electrons. The molecule has 2 saturated heterocycles. The van der Waals surface area contributed by atoms with E-state index in [2.05, 4.69) is 20.5 Å². The molecule has 2 N–H and O–H groups in total. The minimum absolute atomic E-state index is 0.0672. The Morgan fingerprint density at radius 1 is 0.775 bits per heavy atom. The van der Waals surface area contributed by atoms with E-state index in [0.717, 1.165) is 31.6 Å². The van der Waals surface area contributed by atoms with Gasteiger partial charge in [-0.2, -0.15) is 0 Å². The van der Waals surface area contributed by atoms with E-state index in [1.54, 1.807) is 42.7 Å². The molecule has 1 aromatic heterocycles. The highest BCUT2D eigenvalue weighted by Gasteiger charge is 2.24. The molecule has 40 heavy (non-hydrogen) atoms. The normalized spacial score (nSPS) is 16.2. The van der Waals surface area contributed by atoms with Gasteiger partial charge in [0.05, 0.1) is 16.9 Å². The second-order valence-corrected chi connectivity index (χ2v) is 9.97. The van der Waals surface area contributed by atoms with E-state index < -0.39 is 11.7 Å². The molecule has 2 aliphatic heterocycles. The average molecular weight is 545 g/mol. The number of anilines is 2. The van der Waals surface area contributed by atoms with E-state index in [1.807, 2.05) is 15.9 Å². The molecule has 2 aromatic carbocycles. The molecule has 0 atom stereocenters. The van der Waals surface area contributed by atoms with Gasteiger partial charge >= 0.3 is 0 Å². The first-order valence-corrected chi connectivity index (χ1v) is 13.6. The Kier molecular flexibility index (Phi) is 8.65. The van der Waals surface area contributed by atoms with Crippen LogP contribution in [0.5, 0.6) is 0 Å². The summed E-state index contributed by atoms with van der Waals surface area (Å²) in [7, 11) is 0. The van der Waals surface area contributed by atoms with Crippen LogP contribution in [0.1, 0.15) is 43.9 Å². The molecule has 2 aliphatic rings. The Morgan fingerprint density at radius 2 is 1.57 bits per heavy atom. The van der Waals surface area contributed by atoms with E-state index >= 15 is 0 Å². The molecule has 9 nitrogen and oxygen atoms in total. The van der Waals surface area contributed by atoms with Gasteiger partial charge in [0.1, 0.15) is 5.82 Å². The molecule has 0 unspecified atom stereocenters. The Balaban J connectivity index is 1.40. The highest BCUT2D eigenvalue weighted by Crippen LogP contribution is 2.30. The van der Waals surface area contributed by atoms with Crippen LogP contribution >= 0.6 is 0 Å². The van der Waals surface area contributed by atoms with Crippen LogP contribution in [0.2, 0.25) is 0 Å². The Bertz CT molecular complexity index is 1360. The second kappa shape index (κ2) is 12.7. The molecule has 208 valence electrons. The molecule has 10 heteroatoms. The third-order valence-corrected chi connectivity index (χ3v) is 7.24. The Hall–Kier alpha value is -4.31. The van der Waals surface area contributed by atoms with E-state index in [-0.39, 0.29) is 17.4 Å². The second-order valence-electron chi connectivity index (χ2n) is 9.97. The van der Waals surface area contributed by atoms with Crippen molar-refractivity contribution >= 4 is 29.1 Å². The number of amides is 3. The number of pyridine rings is 1. The molecule has 3 amide bonds. The van der Waals surface area contributed by atoms with Gasteiger partial charge in [0.25, 0.3) is 17.7 Å². The van der Waals surface area contributed by atoms with E-state index in [0.29, 0.717) is 56.1 Å². The topological polar surface area (TPSA) is 97.9 Å². The fourth-order valence-electron chi connectivity index (χ4n) is 5.13. The highest BCUT2D eigenvalue weighted by atomic mass is 19.1.